The summed E-state index contributed by atoms with van der Waals surface area (Å²) in [6.45, 7) is 2.61. The van der Waals surface area contributed by atoms with Crippen molar-refractivity contribution in [3.8, 4) is 0 Å². The van der Waals surface area contributed by atoms with Gasteiger partial charge in [-0.15, -0.1) is 0 Å². The van der Waals surface area contributed by atoms with Gasteiger partial charge in [-0.2, -0.15) is 0 Å². The van der Waals surface area contributed by atoms with Crippen LogP contribution in [0.25, 0.3) is 0 Å². The number of benzene rings is 2. The Balaban J connectivity index is 1.89. The molecule has 1 saturated carbocycles. The molecule has 0 spiro atoms. The lowest BCUT2D eigenvalue weighted by atomic mass is 9.95. The van der Waals surface area contributed by atoms with Gasteiger partial charge in [0.2, 0.25) is 21.8 Å². The summed E-state index contributed by atoms with van der Waals surface area (Å²) in [6, 6.07) is 12.3. The van der Waals surface area contributed by atoms with Crippen molar-refractivity contribution in [2.24, 2.45) is 0 Å². The fourth-order valence-electron chi connectivity index (χ4n) is 4.43. The molecule has 1 aliphatic carbocycles. The Labute approximate surface area is 224 Å². The number of halogens is 1. The summed E-state index contributed by atoms with van der Waals surface area (Å²) < 4.78 is 26.4. The first-order valence-corrected chi connectivity index (χ1v) is 14.6. The van der Waals surface area contributed by atoms with Crippen LogP contribution in [0.2, 0.25) is 5.02 Å². The second-order valence-electron chi connectivity index (χ2n) is 9.54. The van der Waals surface area contributed by atoms with Gasteiger partial charge in [0.25, 0.3) is 0 Å². The summed E-state index contributed by atoms with van der Waals surface area (Å²) in [5, 5.41) is 3.60. The van der Waals surface area contributed by atoms with Crippen LogP contribution in [0, 0.1) is 0 Å². The molecule has 200 valence electrons. The van der Waals surface area contributed by atoms with Gasteiger partial charge in [-0.05, 0) is 56.5 Å². The minimum Gasteiger partial charge on any atom is -0.352 e. The molecule has 3 rings (SSSR count). The molecule has 0 aliphatic heterocycles. The maximum atomic E-state index is 13.6. The number of ketones is 1. The first-order chi connectivity index (χ1) is 17.5. The molecule has 1 aliphatic rings. The van der Waals surface area contributed by atoms with Crippen LogP contribution in [0.1, 0.15) is 61.9 Å². The molecule has 0 radical (unpaired) electrons. The van der Waals surface area contributed by atoms with Crippen molar-refractivity contribution in [2.75, 3.05) is 17.1 Å². The Morgan fingerprint density at radius 2 is 1.70 bits per heavy atom. The Morgan fingerprint density at radius 3 is 2.30 bits per heavy atom. The lowest BCUT2D eigenvalue weighted by molar-refractivity contribution is -0.139. The Hall–Kier alpha value is -2.91. The molecule has 1 fully saturated rings. The van der Waals surface area contributed by atoms with Gasteiger partial charge in [-0.3, -0.25) is 18.7 Å². The average molecular weight is 548 g/mol. The van der Waals surface area contributed by atoms with Crippen LogP contribution in [0.5, 0.6) is 0 Å². The number of nitrogens with zero attached hydrogens (tertiary/aromatic N) is 2. The molecule has 2 amide bonds. The third-order valence-corrected chi connectivity index (χ3v) is 8.00. The maximum absolute atomic E-state index is 13.6. The number of amides is 2. The lowest BCUT2D eigenvalue weighted by Crippen LogP contribution is -2.53. The van der Waals surface area contributed by atoms with Gasteiger partial charge in [-0.25, -0.2) is 8.42 Å². The van der Waals surface area contributed by atoms with E-state index in [2.05, 4.69) is 5.32 Å². The number of anilines is 1. The van der Waals surface area contributed by atoms with Gasteiger partial charge >= 0.3 is 0 Å². The molecule has 0 aromatic heterocycles. The molecule has 2 aromatic carbocycles. The van der Waals surface area contributed by atoms with Gasteiger partial charge < -0.3 is 10.2 Å². The Bertz CT molecular complexity index is 1230. The van der Waals surface area contributed by atoms with E-state index in [4.69, 9.17) is 11.6 Å². The maximum Gasteiger partial charge on any atom is 0.244 e. The number of carbonyl (C=O) groups excluding carboxylic acids is 3. The molecule has 1 N–H and O–H groups in total. The summed E-state index contributed by atoms with van der Waals surface area (Å²) >= 11 is 6.01. The third kappa shape index (κ3) is 8.04. The van der Waals surface area contributed by atoms with Crippen LogP contribution in [0.3, 0.4) is 0 Å². The van der Waals surface area contributed by atoms with E-state index in [0.29, 0.717) is 10.6 Å². The molecule has 0 unspecified atom stereocenters. The molecule has 37 heavy (non-hydrogen) atoms. The molecule has 0 saturated heterocycles. The van der Waals surface area contributed by atoms with E-state index >= 15 is 0 Å². The summed E-state index contributed by atoms with van der Waals surface area (Å²) in [6.07, 6.45) is 6.05. The van der Waals surface area contributed by atoms with Gasteiger partial charge in [-0.1, -0.05) is 55.1 Å². The zero-order valence-corrected chi connectivity index (χ0v) is 23.0. The molecular weight excluding hydrogens is 514 g/mol. The Morgan fingerprint density at radius 1 is 1.05 bits per heavy atom. The topological polar surface area (TPSA) is 104 Å². The highest BCUT2D eigenvalue weighted by atomic mass is 35.5. The predicted molar refractivity (Wildman–Crippen MR) is 145 cm³/mol. The Kier molecular flexibility index (Phi) is 9.73. The monoisotopic (exact) mass is 547 g/mol. The van der Waals surface area contributed by atoms with Crippen LogP contribution in [-0.2, 0) is 26.2 Å². The zero-order chi connectivity index (χ0) is 27.2. The van der Waals surface area contributed by atoms with Crippen LogP contribution in [-0.4, -0.2) is 55.8 Å². The van der Waals surface area contributed by atoms with Crippen molar-refractivity contribution in [3.63, 3.8) is 0 Å². The van der Waals surface area contributed by atoms with Gasteiger partial charge in [0, 0.05) is 23.2 Å². The van der Waals surface area contributed by atoms with Crippen molar-refractivity contribution in [2.45, 2.75) is 64.6 Å². The number of Topliss-reactive ketones (excluding diaryl/α,β-unsaturated/α-hetero) is 1. The number of hydrogen-bond acceptors (Lipinski definition) is 5. The zero-order valence-electron chi connectivity index (χ0n) is 21.4. The standard InChI is InChI=1S/C27H34ClN3O5S/c1-19(27(34)29-24-9-5-4-6-10-24)30(17-21-12-14-23(28)15-13-21)26(33)18-31(37(3,35)36)25-11-7-8-22(16-25)20(2)32/h7-8,11-16,19,24H,4-6,9-10,17-18H2,1-3H3,(H,29,34)/t19-/m1/s1. The summed E-state index contributed by atoms with van der Waals surface area (Å²) in [4.78, 5) is 40.1. The first-order valence-electron chi connectivity index (χ1n) is 12.4. The van der Waals surface area contributed by atoms with Crippen molar-refractivity contribution in [3.05, 3.63) is 64.7 Å². The molecule has 10 heteroatoms. The van der Waals surface area contributed by atoms with E-state index in [9.17, 15) is 22.8 Å². The van der Waals surface area contributed by atoms with Crippen LogP contribution < -0.4 is 9.62 Å². The predicted octanol–water partition coefficient (Wildman–Crippen LogP) is 4.17. The normalized spacial score (nSPS) is 15.0. The minimum absolute atomic E-state index is 0.0676. The molecule has 0 bridgehead atoms. The van der Waals surface area contributed by atoms with E-state index < -0.39 is 28.5 Å². The third-order valence-electron chi connectivity index (χ3n) is 6.60. The van der Waals surface area contributed by atoms with Crippen molar-refractivity contribution >= 4 is 44.9 Å². The van der Waals surface area contributed by atoms with Gasteiger partial charge in [0.1, 0.15) is 12.6 Å². The highest BCUT2D eigenvalue weighted by molar-refractivity contribution is 7.92. The smallest absolute Gasteiger partial charge is 0.244 e. The largest absolute Gasteiger partial charge is 0.352 e. The van der Waals surface area contributed by atoms with E-state index in [0.717, 1.165) is 48.2 Å². The number of sulfonamides is 1. The molecule has 8 nitrogen and oxygen atoms in total. The molecule has 2 aromatic rings. The number of carbonyl (C=O) groups is 3. The lowest BCUT2D eigenvalue weighted by Gasteiger charge is -2.33. The van der Waals surface area contributed by atoms with E-state index in [1.54, 1.807) is 43.3 Å². The van der Waals surface area contributed by atoms with E-state index in [1.807, 2.05) is 0 Å². The van der Waals surface area contributed by atoms with Gasteiger partial charge in [0.15, 0.2) is 5.78 Å². The van der Waals surface area contributed by atoms with E-state index in [-0.39, 0.29) is 30.0 Å². The van der Waals surface area contributed by atoms with Crippen molar-refractivity contribution < 1.29 is 22.8 Å². The highest BCUT2D eigenvalue weighted by Gasteiger charge is 2.31. The van der Waals surface area contributed by atoms with E-state index in [1.165, 1.54) is 24.0 Å². The van der Waals surface area contributed by atoms with Crippen LogP contribution >= 0.6 is 11.6 Å². The van der Waals surface area contributed by atoms with Crippen LogP contribution in [0.15, 0.2) is 48.5 Å². The second kappa shape index (κ2) is 12.6. The van der Waals surface area contributed by atoms with Crippen molar-refractivity contribution in [1.82, 2.24) is 10.2 Å². The molecule has 0 heterocycles. The summed E-state index contributed by atoms with van der Waals surface area (Å²) in [5.74, 6) is -1.04. The van der Waals surface area contributed by atoms with Crippen molar-refractivity contribution in [1.29, 1.82) is 0 Å². The number of hydrogen-bond donors (Lipinski definition) is 1. The quantitative estimate of drug-likeness (QED) is 0.449. The van der Waals surface area contributed by atoms with Crippen LogP contribution in [0.4, 0.5) is 5.69 Å². The second-order valence-corrected chi connectivity index (χ2v) is 11.9. The summed E-state index contributed by atoms with van der Waals surface area (Å²) in [5.41, 5.74) is 1.28. The number of nitrogens with one attached hydrogen (secondary N) is 1. The fourth-order valence-corrected chi connectivity index (χ4v) is 5.40. The minimum atomic E-state index is -3.88. The fraction of sp³-hybridized carbons (Fsp3) is 0.444. The number of rotatable bonds is 10. The SMILES string of the molecule is CC(=O)c1cccc(N(CC(=O)N(Cc2ccc(Cl)cc2)[C@H](C)C(=O)NC2CCCCC2)S(C)(=O)=O)c1. The highest BCUT2D eigenvalue weighted by Crippen LogP contribution is 2.22. The first kappa shape index (κ1) is 28.7. The molecule has 1 atom stereocenters. The average Bonchev–Trinajstić information content (AvgIpc) is 2.86. The molecular formula is C27H34ClN3O5S. The van der Waals surface area contributed by atoms with Gasteiger partial charge in [0.05, 0.1) is 11.9 Å². The summed E-state index contributed by atoms with van der Waals surface area (Å²) in [7, 11) is -3.88.